The molecule has 0 aliphatic rings. The molecule has 0 unspecified atom stereocenters. The number of nitriles is 1. The topological polar surface area (TPSA) is 88.4 Å². The van der Waals surface area contributed by atoms with Crippen molar-refractivity contribution in [2.75, 3.05) is 18.5 Å². The van der Waals surface area contributed by atoms with Gasteiger partial charge in [-0.05, 0) is 36.8 Å². The Morgan fingerprint density at radius 2 is 1.96 bits per heavy atom. The van der Waals surface area contributed by atoms with Gasteiger partial charge >= 0.3 is 5.97 Å². The van der Waals surface area contributed by atoms with E-state index in [0.717, 1.165) is 10.0 Å². The molecule has 0 saturated carbocycles. The third-order valence-electron chi connectivity index (χ3n) is 3.17. The Labute approximate surface area is 153 Å². The molecule has 0 aromatic heterocycles. The SMILES string of the molecule is Cc1ccc(NC(=O)COC(=O)COc2ccccc2C#N)cc1Br. The number of benzene rings is 2. The van der Waals surface area contributed by atoms with Gasteiger partial charge in [0.05, 0.1) is 5.56 Å². The standard InChI is InChI=1S/C18H15BrN2O4/c1-12-6-7-14(8-15(12)19)21-17(22)10-25-18(23)11-24-16-5-3-2-4-13(16)9-20/h2-8H,10-11H2,1H3,(H,21,22). The molecule has 25 heavy (non-hydrogen) atoms. The number of anilines is 1. The van der Waals surface area contributed by atoms with Crippen LogP contribution < -0.4 is 10.1 Å². The summed E-state index contributed by atoms with van der Waals surface area (Å²) in [7, 11) is 0. The Bertz CT molecular complexity index is 830. The van der Waals surface area contributed by atoms with E-state index in [1.165, 1.54) is 0 Å². The van der Waals surface area contributed by atoms with E-state index in [-0.39, 0.29) is 12.4 Å². The maximum Gasteiger partial charge on any atom is 0.344 e. The van der Waals surface area contributed by atoms with Crippen LogP contribution in [0, 0.1) is 18.3 Å². The highest BCUT2D eigenvalue weighted by molar-refractivity contribution is 9.10. The van der Waals surface area contributed by atoms with Gasteiger partial charge in [0.15, 0.2) is 13.2 Å². The number of hydrogen-bond donors (Lipinski definition) is 1. The van der Waals surface area contributed by atoms with Crippen LogP contribution in [0.5, 0.6) is 5.75 Å². The van der Waals surface area contributed by atoms with Crippen molar-refractivity contribution in [2.45, 2.75) is 6.92 Å². The van der Waals surface area contributed by atoms with Gasteiger partial charge < -0.3 is 14.8 Å². The molecule has 0 bridgehead atoms. The average Bonchev–Trinajstić information content (AvgIpc) is 2.61. The number of hydrogen-bond acceptors (Lipinski definition) is 5. The van der Waals surface area contributed by atoms with Gasteiger partial charge in [0.25, 0.3) is 5.91 Å². The van der Waals surface area contributed by atoms with Gasteiger partial charge in [-0.25, -0.2) is 4.79 Å². The molecule has 7 heteroatoms. The van der Waals surface area contributed by atoms with E-state index < -0.39 is 18.5 Å². The number of aryl methyl sites for hydroxylation is 1. The Morgan fingerprint density at radius 3 is 2.68 bits per heavy atom. The third-order valence-corrected chi connectivity index (χ3v) is 4.03. The summed E-state index contributed by atoms with van der Waals surface area (Å²) in [6, 6.07) is 13.9. The molecule has 1 N–H and O–H groups in total. The zero-order valence-corrected chi connectivity index (χ0v) is 15.0. The van der Waals surface area contributed by atoms with Gasteiger partial charge in [0, 0.05) is 10.2 Å². The van der Waals surface area contributed by atoms with Crippen molar-refractivity contribution in [1.29, 1.82) is 5.26 Å². The van der Waals surface area contributed by atoms with Crippen molar-refractivity contribution in [3.05, 3.63) is 58.1 Å². The molecule has 0 saturated heterocycles. The predicted molar refractivity (Wildman–Crippen MR) is 95.1 cm³/mol. The van der Waals surface area contributed by atoms with Crippen LogP contribution >= 0.6 is 15.9 Å². The van der Waals surface area contributed by atoms with E-state index in [1.54, 1.807) is 36.4 Å². The van der Waals surface area contributed by atoms with Crippen molar-refractivity contribution in [3.8, 4) is 11.8 Å². The second-order valence-corrected chi connectivity index (χ2v) is 5.92. The van der Waals surface area contributed by atoms with Gasteiger partial charge in [-0.15, -0.1) is 0 Å². The second-order valence-electron chi connectivity index (χ2n) is 5.07. The summed E-state index contributed by atoms with van der Waals surface area (Å²) in [5, 5.41) is 11.6. The molecule has 6 nitrogen and oxygen atoms in total. The molecular formula is C18H15BrN2O4. The first kappa shape index (κ1) is 18.5. The minimum Gasteiger partial charge on any atom is -0.481 e. The average molecular weight is 403 g/mol. The fourth-order valence-corrected chi connectivity index (χ4v) is 2.26. The number of nitrogens with zero attached hydrogens (tertiary/aromatic N) is 1. The molecule has 128 valence electrons. The number of carbonyl (C=O) groups is 2. The summed E-state index contributed by atoms with van der Waals surface area (Å²) in [5.41, 5.74) is 1.95. The molecule has 0 radical (unpaired) electrons. The van der Waals surface area contributed by atoms with Crippen LogP contribution in [0.2, 0.25) is 0 Å². The Kier molecular flexibility index (Phi) is 6.54. The van der Waals surface area contributed by atoms with E-state index in [9.17, 15) is 9.59 Å². The quantitative estimate of drug-likeness (QED) is 0.749. The summed E-state index contributed by atoms with van der Waals surface area (Å²) in [6.07, 6.45) is 0. The van der Waals surface area contributed by atoms with Crippen molar-refractivity contribution >= 4 is 33.5 Å². The first-order valence-corrected chi connectivity index (χ1v) is 8.12. The number of para-hydroxylation sites is 1. The normalized spacial score (nSPS) is 9.80. The summed E-state index contributed by atoms with van der Waals surface area (Å²) < 4.78 is 11.0. The molecule has 0 aliphatic heterocycles. The number of rotatable bonds is 6. The molecule has 0 fully saturated rings. The van der Waals surface area contributed by atoms with E-state index in [2.05, 4.69) is 21.2 Å². The van der Waals surface area contributed by atoms with Crippen molar-refractivity contribution in [2.24, 2.45) is 0 Å². The van der Waals surface area contributed by atoms with Gasteiger partial charge in [-0.3, -0.25) is 4.79 Å². The van der Waals surface area contributed by atoms with Crippen LogP contribution in [0.3, 0.4) is 0 Å². The predicted octanol–water partition coefficient (Wildman–Crippen LogP) is 3.19. The first-order chi connectivity index (χ1) is 12.0. The third kappa shape index (κ3) is 5.62. The van der Waals surface area contributed by atoms with E-state index in [1.807, 2.05) is 19.1 Å². The maximum absolute atomic E-state index is 11.8. The first-order valence-electron chi connectivity index (χ1n) is 7.33. The Morgan fingerprint density at radius 1 is 1.20 bits per heavy atom. The van der Waals surface area contributed by atoms with Crippen LogP contribution in [-0.4, -0.2) is 25.1 Å². The molecular weight excluding hydrogens is 388 g/mol. The van der Waals surface area contributed by atoms with E-state index in [0.29, 0.717) is 11.3 Å². The van der Waals surface area contributed by atoms with E-state index >= 15 is 0 Å². The van der Waals surface area contributed by atoms with Crippen molar-refractivity contribution in [3.63, 3.8) is 0 Å². The molecule has 1 amide bonds. The maximum atomic E-state index is 11.8. The second kappa shape index (κ2) is 8.85. The highest BCUT2D eigenvalue weighted by Gasteiger charge is 2.10. The Hall–Kier alpha value is -2.85. The lowest BCUT2D eigenvalue weighted by molar-refractivity contribution is -0.149. The van der Waals surface area contributed by atoms with E-state index in [4.69, 9.17) is 14.7 Å². The minimum atomic E-state index is -0.701. The summed E-state index contributed by atoms with van der Waals surface area (Å²) in [4.78, 5) is 23.5. The molecule has 0 heterocycles. The van der Waals surface area contributed by atoms with Gasteiger partial charge in [0.1, 0.15) is 11.8 Å². The van der Waals surface area contributed by atoms with Gasteiger partial charge in [0.2, 0.25) is 0 Å². The molecule has 2 aromatic rings. The number of carbonyl (C=O) groups excluding carboxylic acids is 2. The van der Waals surface area contributed by atoms with Gasteiger partial charge in [-0.1, -0.05) is 34.1 Å². The monoisotopic (exact) mass is 402 g/mol. The number of nitrogens with one attached hydrogen (secondary N) is 1. The fourth-order valence-electron chi connectivity index (χ4n) is 1.88. The lowest BCUT2D eigenvalue weighted by Gasteiger charge is -2.09. The summed E-state index contributed by atoms with van der Waals surface area (Å²) >= 11 is 3.38. The highest BCUT2D eigenvalue weighted by Crippen LogP contribution is 2.20. The minimum absolute atomic E-state index is 0.288. The molecule has 0 atom stereocenters. The van der Waals surface area contributed by atoms with Crippen molar-refractivity contribution < 1.29 is 19.1 Å². The van der Waals surface area contributed by atoms with Crippen molar-refractivity contribution in [1.82, 2.24) is 0 Å². The molecule has 0 aliphatic carbocycles. The van der Waals surface area contributed by atoms with Crippen LogP contribution in [0.15, 0.2) is 46.9 Å². The number of amides is 1. The number of esters is 1. The molecule has 0 spiro atoms. The van der Waals surface area contributed by atoms with Crippen LogP contribution in [0.1, 0.15) is 11.1 Å². The Balaban J connectivity index is 1.78. The summed E-state index contributed by atoms with van der Waals surface area (Å²) in [5.74, 6) is -0.870. The van der Waals surface area contributed by atoms with Crippen LogP contribution in [0.4, 0.5) is 5.69 Å². The smallest absolute Gasteiger partial charge is 0.344 e. The van der Waals surface area contributed by atoms with Crippen LogP contribution in [-0.2, 0) is 14.3 Å². The molecule has 2 aromatic carbocycles. The molecule has 2 rings (SSSR count). The lowest BCUT2D eigenvalue weighted by atomic mass is 10.2. The number of halogens is 1. The summed E-state index contributed by atoms with van der Waals surface area (Å²) in [6.45, 7) is 1.12. The lowest BCUT2D eigenvalue weighted by Crippen LogP contribution is -2.23. The van der Waals surface area contributed by atoms with Crippen LogP contribution in [0.25, 0.3) is 0 Å². The number of ether oxygens (including phenoxy) is 2. The zero-order valence-electron chi connectivity index (χ0n) is 13.4. The van der Waals surface area contributed by atoms with Gasteiger partial charge in [-0.2, -0.15) is 5.26 Å². The largest absolute Gasteiger partial charge is 0.481 e. The zero-order chi connectivity index (χ0) is 18.2. The fraction of sp³-hybridized carbons (Fsp3) is 0.167. The highest BCUT2D eigenvalue weighted by atomic mass is 79.9.